The molecule has 1 aromatic carbocycles. The smallest absolute Gasteiger partial charge is 0.0466 e. The molecule has 0 amide bonds. The summed E-state index contributed by atoms with van der Waals surface area (Å²) in [7, 11) is 0. The zero-order valence-corrected chi connectivity index (χ0v) is 10.9. The Bertz CT molecular complexity index is 248. The standard InChI is InChI=1S/C13H19BrO/c1-2-10-15-11-6-9-13(14)12-7-4-3-5-8-12/h3-5,7-8,13H,2,6,9-11H2,1H3. The van der Waals surface area contributed by atoms with Gasteiger partial charge >= 0.3 is 0 Å². The fraction of sp³-hybridized carbons (Fsp3) is 0.538. The Morgan fingerprint density at radius 1 is 1.20 bits per heavy atom. The van der Waals surface area contributed by atoms with Gasteiger partial charge in [0, 0.05) is 18.0 Å². The van der Waals surface area contributed by atoms with Gasteiger partial charge in [0.2, 0.25) is 0 Å². The molecule has 1 atom stereocenters. The van der Waals surface area contributed by atoms with Gasteiger partial charge in [0.25, 0.3) is 0 Å². The fourth-order valence-electron chi connectivity index (χ4n) is 1.44. The third-order valence-electron chi connectivity index (χ3n) is 2.26. The van der Waals surface area contributed by atoms with Gasteiger partial charge in [-0.15, -0.1) is 0 Å². The molecule has 1 rings (SSSR count). The van der Waals surface area contributed by atoms with Gasteiger partial charge in [-0.2, -0.15) is 0 Å². The molecule has 1 aromatic rings. The van der Waals surface area contributed by atoms with Crippen LogP contribution in [0, 0.1) is 0 Å². The first-order valence-corrected chi connectivity index (χ1v) is 6.53. The summed E-state index contributed by atoms with van der Waals surface area (Å²) < 4.78 is 5.45. The first-order valence-electron chi connectivity index (χ1n) is 5.61. The average Bonchev–Trinajstić information content (AvgIpc) is 2.30. The van der Waals surface area contributed by atoms with Crippen LogP contribution >= 0.6 is 15.9 Å². The largest absolute Gasteiger partial charge is 0.381 e. The molecule has 0 spiro atoms. The lowest BCUT2D eigenvalue weighted by atomic mass is 10.1. The molecule has 0 bridgehead atoms. The van der Waals surface area contributed by atoms with Crippen LogP contribution in [0.25, 0.3) is 0 Å². The van der Waals surface area contributed by atoms with Crippen molar-refractivity contribution in [3.05, 3.63) is 35.9 Å². The second-order valence-corrected chi connectivity index (χ2v) is 4.74. The second-order valence-electron chi connectivity index (χ2n) is 3.63. The van der Waals surface area contributed by atoms with Gasteiger partial charge < -0.3 is 4.74 Å². The molecule has 15 heavy (non-hydrogen) atoms. The Hall–Kier alpha value is -0.340. The van der Waals surface area contributed by atoms with E-state index in [2.05, 4.69) is 47.1 Å². The monoisotopic (exact) mass is 270 g/mol. The van der Waals surface area contributed by atoms with E-state index in [0.29, 0.717) is 4.83 Å². The summed E-state index contributed by atoms with van der Waals surface area (Å²) in [6.07, 6.45) is 3.36. The average molecular weight is 271 g/mol. The third-order valence-corrected chi connectivity index (χ3v) is 3.24. The van der Waals surface area contributed by atoms with Gasteiger partial charge in [0.1, 0.15) is 0 Å². The maximum absolute atomic E-state index is 5.45. The van der Waals surface area contributed by atoms with E-state index in [1.165, 1.54) is 5.56 Å². The minimum atomic E-state index is 0.462. The molecule has 0 aromatic heterocycles. The molecule has 2 heteroatoms. The van der Waals surface area contributed by atoms with Crippen LogP contribution < -0.4 is 0 Å². The molecule has 0 radical (unpaired) electrons. The van der Waals surface area contributed by atoms with Crippen LogP contribution in [0.1, 0.15) is 36.6 Å². The number of alkyl halides is 1. The van der Waals surface area contributed by atoms with Crippen LogP contribution in [0.5, 0.6) is 0 Å². The van der Waals surface area contributed by atoms with Crippen LogP contribution in [0.3, 0.4) is 0 Å². The van der Waals surface area contributed by atoms with Crippen molar-refractivity contribution in [2.75, 3.05) is 13.2 Å². The van der Waals surface area contributed by atoms with Gasteiger partial charge in [-0.3, -0.25) is 0 Å². The topological polar surface area (TPSA) is 9.23 Å². The molecule has 0 fully saturated rings. The first kappa shape index (κ1) is 12.7. The number of rotatable bonds is 7. The molecule has 0 saturated carbocycles. The number of ether oxygens (including phenoxy) is 1. The lowest BCUT2D eigenvalue weighted by Gasteiger charge is -2.09. The second kappa shape index (κ2) is 7.89. The minimum absolute atomic E-state index is 0.462. The summed E-state index contributed by atoms with van der Waals surface area (Å²) in [4.78, 5) is 0.462. The van der Waals surface area contributed by atoms with E-state index in [1.807, 2.05) is 6.07 Å². The molecule has 0 N–H and O–H groups in total. The highest BCUT2D eigenvalue weighted by Gasteiger charge is 2.05. The molecule has 0 heterocycles. The quantitative estimate of drug-likeness (QED) is 0.530. The number of benzene rings is 1. The number of hydrogen-bond acceptors (Lipinski definition) is 1. The summed E-state index contributed by atoms with van der Waals surface area (Å²) in [5, 5.41) is 0. The van der Waals surface area contributed by atoms with Crippen LogP contribution in [-0.2, 0) is 4.74 Å². The first-order chi connectivity index (χ1) is 7.34. The van der Waals surface area contributed by atoms with Gasteiger partial charge in [0.15, 0.2) is 0 Å². The normalized spacial score (nSPS) is 12.7. The highest BCUT2D eigenvalue weighted by Crippen LogP contribution is 2.27. The highest BCUT2D eigenvalue weighted by molar-refractivity contribution is 9.09. The summed E-state index contributed by atoms with van der Waals surface area (Å²) in [6.45, 7) is 3.90. The van der Waals surface area contributed by atoms with Gasteiger partial charge in [-0.05, 0) is 24.8 Å². The van der Waals surface area contributed by atoms with Crippen molar-refractivity contribution in [1.29, 1.82) is 0 Å². The molecule has 0 aliphatic carbocycles. The van der Waals surface area contributed by atoms with Crippen LogP contribution in [-0.4, -0.2) is 13.2 Å². The SMILES string of the molecule is CCCOCCCC(Br)c1ccccc1. The Kier molecular flexibility index (Phi) is 6.69. The van der Waals surface area contributed by atoms with E-state index in [-0.39, 0.29) is 0 Å². The molecular weight excluding hydrogens is 252 g/mol. The van der Waals surface area contributed by atoms with Gasteiger partial charge in [-0.25, -0.2) is 0 Å². The minimum Gasteiger partial charge on any atom is -0.381 e. The van der Waals surface area contributed by atoms with Crippen molar-refractivity contribution < 1.29 is 4.74 Å². The Morgan fingerprint density at radius 2 is 1.93 bits per heavy atom. The molecule has 0 saturated heterocycles. The molecule has 0 aliphatic rings. The predicted octanol–water partition coefficient (Wildman–Crippen LogP) is 4.33. The van der Waals surface area contributed by atoms with Crippen molar-refractivity contribution >= 4 is 15.9 Å². The summed E-state index contributed by atoms with van der Waals surface area (Å²) >= 11 is 3.70. The zero-order chi connectivity index (χ0) is 10.9. The van der Waals surface area contributed by atoms with E-state index >= 15 is 0 Å². The van der Waals surface area contributed by atoms with Crippen molar-refractivity contribution in [2.45, 2.75) is 31.0 Å². The molecule has 1 unspecified atom stereocenters. The van der Waals surface area contributed by atoms with Crippen LogP contribution in [0.4, 0.5) is 0 Å². The van der Waals surface area contributed by atoms with Gasteiger partial charge in [-0.1, -0.05) is 53.2 Å². The van der Waals surface area contributed by atoms with E-state index in [4.69, 9.17) is 4.74 Å². The molecule has 1 nitrogen and oxygen atoms in total. The van der Waals surface area contributed by atoms with E-state index in [9.17, 15) is 0 Å². The summed E-state index contributed by atoms with van der Waals surface area (Å²) in [5.41, 5.74) is 1.35. The Labute approximate surface area is 101 Å². The highest BCUT2D eigenvalue weighted by atomic mass is 79.9. The van der Waals surface area contributed by atoms with Crippen LogP contribution in [0.2, 0.25) is 0 Å². The van der Waals surface area contributed by atoms with E-state index < -0.39 is 0 Å². The Balaban J connectivity index is 2.16. The van der Waals surface area contributed by atoms with Crippen molar-refractivity contribution in [2.24, 2.45) is 0 Å². The summed E-state index contributed by atoms with van der Waals surface area (Å²) in [6, 6.07) is 10.5. The Morgan fingerprint density at radius 3 is 2.60 bits per heavy atom. The number of hydrogen-bond donors (Lipinski definition) is 0. The van der Waals surface area contributed by atoms with E-state index in [1.54, 1.807) is 0 Å². The summed E-state index contributed by atoms with van der Waals surface area (Å²) in [5.74, 6) is 0. The lowest BCUT2D eigenvalue weighted by molar-refractivity contribution is 0.131. The van der Waals surface area contributed by atoms with E-state index in [0.717, 1.165) is 32.5 Å². The van der Waals surface area contributed by atoms with Gasteiger partial charge in [0.05, 0.1) is 0 Å². The predicted molar refractivity (Wildman–Crippen MR) is 68.5 cm³/mol. The maximum Gasteiger partial charge on any atom is 0.0466 e. The van der Waals surface area contributed by atoms with Crippen LogP contribution in [0.15, 0.2) is 30.3 Å². The third kappa shape index (κ3) is 5.33. The molecule has 0 aliphatic heterocycles. The fourth-order valence-corrected chi connectivity index (χ4v) is 2.07. The van der Waals surface area contributed by atoms with Crippen molar-refractivity contribution in [1.82, 2.24) is 0 Å². The molecular formula is C13H19BrO. The zero-order valence-electron chi connectivity index (χ0n) is 9.29. The number of halogens is 1. The molecule has 84 valence electrons. The maximum atomic E-state index is 5.45. The van der Waals surface area contributed by atoms with Crippen molar-refractivity contribution in [3.8, 4) is 0 Å². The lowest BCUT2D eigenvalue weighted by Crippen LogP contribution is -1.98. The van der Waals surface area contributed by atoms with Crippen molar-refractivity contribution in [3.63, 3.8) is 0 Å².